The van der Waals surface area contributed by atoms with Gasteiger partial charge in [-0.1, -0.05) is 0 Å². The van der Waals surface area contributed by atoms with E-state index in [-0.39, 0.29) is 11.7 Å². The largest absolute Gasteiger partial charge is 0.477 e. The zero-order valence-electron chi connectivity index (χ0n) is 12.4. The molecule has 0 aliphatic heterocycles. The predicted octanol–water partition coefficient (Wildman–Crippen LogP) is 2.98. The van der Waals surface area contributed by atoms with E-state index >= 15 is 0 Å². The minimum absolute atomic E-state index is 0.106. The van der Waals surface area contributed by atoms with Gasteiger partial charge in [0.05, 0.1) is 11.4 Å². The molecular weight excluding hydrogens is 314 g/mol. The van der Waals surface area contributed by atoms with Crippen molar-refractivity contribution >= 4 is 34.2 Å². The first-order valence-electron chi connectivity index (χ1n) is 7.37. The summed E-state index contributed by atoms with van der Waals surface area (Å²) in [4.78, 5) is 26.9. The van der Waals surface area contributed by atoms with Crippen molar-refractivity contribution in [3.63, 3.8) is 0 Å². The lowest BCUT2D eigenvalue weighted by molar-refractivity contribution is 0.0691. The summed E-state index contributed by atoms with van der Waals surface area (Å²) in [5.41, 5.74) is 1.64. The summed E-state index contributed by atoms with van der Waals surface area (Å²) < 4.78 is 0. The van der Waals surface area contributed by atoms with E-state index in [4.69, 9.17) is 5.11 Å². The lowest BCUT2D eigenvalue weighted by Crippen LogP contribution is -2.14. The van der Waals surface area contributed by atoms with Gasteiger partial charge < -0.3 is 15.4 Å². The standard InChI is InChI=1S/C15H15N5O2S/c1-7-5-23-14(18-7)11(8-2-3-8)20-13-9-4-10(15(21)22)19-12(9)16-6-17-13/h4-6,8,11H,2-3H2,1H3,(H,21,22)(H2,16,17,19,20). The van der Waals surface area contributed by atoms with E-state index in [1.807, 2.05) is 12.3 Å². The molecule has 8 heteroatoms. The summed E-state index contributed by atoms with van der Waals surface area (Å²) in [6.45, 7) is 1.98. The first-order chi connectivity index (χ1) is 11.1. The topological polar surface area (TPSA) is 104 Å². The molecule has 0 spiro atoms. The first-order valence-corrected chi connectivity index (χ1v) is 8.25. The number of nitrogens with one attached hydrogen (secondary N) is 2. The molecule has 3 aromatic rings. The molecule has 1 aliphatic carbocycles. The Labute approximate surface area is 135 Å². The molecule has 0 radical (unpaired) electrons. The van der Waals surface area contributed by atoms with Crippen molar-refractivity contribution in [1.82, 2.24) is 19.9 Å². The number of carbonyl (C=O) groups is 1. The fourth-order valence-corrected chi connectivity index (χ4v) is 3.58. The maximum atomic E-state index is 11.1. The highest BCUT2D eigenvalue weighted by molar-refractivity contribution is 7.09. The van der Waals surface area contributed by atoms with Gasteiger partial charge in [0.25, 0.3) is 0 Å². The number of aryl methyl sites for hydroxylation is 1. The van der Waals surface area contributed by atoms with Crippen molar-refractivity contribution in [2.75, 3.05) is 5.32 Å². The van der Waals surface area contributed by atoms with Gasteiger partial charge in [-0.2, -0.15) is 0 Å². The van der Waals surface area contributed by atoms with Crippen molar-refractivity contribution < 1.29 is 9.90 Å². The van der Waals surface area contributed by atoms with Crippen molar-refractivity contribution in [3.8, 4) is 0 Å². The molecule has 118 valence electrons. The number of carboxylic acid groups (broad SMARTS) is 1. The quantitative estimate of drug-likeness (QED) is 0.665. The molecule has 4 rings (SSSR count). The Hall–Kier alpha value is -2.48. The number of hydrogen-bond donors (Lipinski definition) is 3. The van der Waals surface area contributed by atoms with E-state index in [1.54, 1.807) is 17.4 Å². The molecule has 7 nitrogen and oxygen atoms in total. The van der Waals surface area contributed by atoms with E-state index in [2.05, 4.69) is 25.3 Å². The van der Waals surface area contributed by atoms with Crippen LogP contribution in [0.2, 0.25) is 0 Å². The zero-order chi connectivity index (χ0) is 16.0. The lowest BCUT2D eigenvalue weighted by atomic mass is 10.2. The Morgan fingerprint density at radius 2 is 2.30 bits per heavy atom. The number of carboxylic acids is 1. The van der Waals surface area contributed by atoms with Crippen LogP contribution in [-0.4, -0.2) is 31.0 Å². The van der Waals surface area contributed by atoms with E-state index in [9.17, 15) is 4.79 Å². The second-order valence-corrected chi connectivity index (χ2v) is 6.65. The summed E-state index contributed by atoms with van der Waals surface area (Å²) in [6, 6.07) is 1.67. The third-order valence-corrected chi connectivity index (χ3v) is 4.99. The molecule has 1 atom stereocenters. The van der Waals surface area contributed by atoms with Crippen molar-refractivity contribution in [2.24, 2.45) is 5.92 Å². The molecule has 0 saturated heterocycles. The summed E-state index contributed by atoms with van der Waals surface area (Å²) >= 11 is 1.64. The van der Waals surface area contributed by atoms with Gasteiger partial charge in [0.1, 0.15) is 28.5 Å². The smallest absolute Gasteiger partial charge is 0.352 e. The van der Waals surface area contributed by atoms with E-state index in [1.165, 1.54) is 6.33 Å². The van der Waals surface area contributed by atoms with Crippen LogP contribution in [0.1, 0.15) is 40.1 Å². The van der Waals surface area contributed by atoms with Gasteiger partial charge in [0.2, 0.25) is 0 Å². The molecular formula is C15H15N5O2S. The maximum absolute atomic E-state index is 11.1. The highest BCUT2D eigenvalue weighted by Crippen LogP contribution is 2.44. The van der Waals surface area contributed by atoms with Crippen molar-refractivity contribution in [3.05, 3.63) is 34.2 Å². The van der Waals surface area contributed by atoms with E-state index < -0.39 is 5.97 Å². The molecule has 1 aliphatic rings. The SMILES string of the molecule is Cc1csc(C(Nc2ncnc3[nH]c(C(=O)O)cc23)C2CC2)n1. The number of aromatic amines is 1. The maximum Gasteiger partial charge on any atom is 0.352 e. The molecule has 3 heterocycles. The molecule has 1 saturated carbocycles. The van der Waals surface area contributed by atoms with Gasteiger partial charge in [0, 0.05) is 11.1 Å². The molecule has 1 unspecified atom stereocenters. The van der Waals surface area contributed by atoms with Gasteiger partial charge in [-0.15, -0.1) is 11.3 Å². The molecule has 3 N–H and O–H groups in total. The monoisotopic (exact) mass is 329 g/mol. The van der Waals surface area contributed by atoms with Crippen LogP contribution in [-0.2, 0) is 0 Å². The Bertz CT molecular complexity index is 883. The second-order valence-electron chi connectivity index (χ2n) is 5.76. The summed E-state index contributed by atoms with van der Waals surface area (Å²) in [5.74, 6) is 0.176. The number of thiazole rings is 1. The van der Waals surface area contributed by atoms with Crippen LogP contribution < -0.4 is 5.32 Å². The predicted molar refractivity (Wildman–Crippen MR) is 86.8 cm³/mol. The van der Waals surface area contributed by atoms with Gasteiger partial charge in [-0.3, -0.25) is 0 Å². The minimum Gasteiger partial charge on any atom is -0.477 e. The van der Waals surface area contributed by atoms with Gasteiger partial charge in [-0.05, 0) is 31.7 Å². The Morgan fingerprint density at radius 3 is 2.96 bits per heavy atom. The number of aromatic carboxylic acids is 1. The first kappa shape index (κ1) is 14.1. The summed E-state index contributed by atoms with van der Waals surface area (Å²) in [7, 11) is 0. The minimum atomic E-state index is -1.01. The highest BCUT2D eigenvalue weighted by Gasteiger charge is 2.34. The summed E-state index contributed by atoms with van der Waals surface area (Å²) in [6.07, 6.45) is 3.76. The zero-order valence-corrected chi connectivity index (χ0v) is 13.2. The van der Waals surface area contributed by atoms with Crippen LogP contribution in [0.15, 0.2) is 17.8 Å². The third kappa shape index (κ3) is 2.65. The van der Waals surface area contributed by atoms with E-state index in [0.29, 0.717) is 22.8 Å². The van der Waals surface area contributed by atoms with Crippen molar-refractivity contribution in [1.29, 1.82) is 0 Å². The molecule has 23 heavy (non-hydrogen) atoms. The fourth-order valence-electron chi connectivity index (χ4n) is 2.64. The lowest BCUT2D eigenvalue weighted by Gasteiger charge is -2.16. The number of H-pyrrole nitrogens is 1. The Morgan fingerprint density at radius 1 is 1.48 bits per heavy atom. The molecule has 1 fully saturated rings. The Balaban J connectivity index is 1.71. The van der Waals surface area contributed by atoms with Crippen LogP contribution in [0.25, 0.3) is 11.0 Å². The highest BCUT2D eigenvalue weighted by atomic mass is 32.1. The third-order valence-electron chi connectivity index (χ3n) is 3.94. The van der Waals surface area contributed by atoms with Crippen LogP contribution in [0.5, 0.6) is 0 Å². The molecule has 3 aromatic heterocycles. The fraction of sp³-hybridized carbons (Fsp3) is 0.333. The second kappa shape index (κ2) is 5.31. The van der Waals surface area contributed by atoms with E-state index in [0.717, 1.165) is 23.5 Å². The summed E-state index contributed by atoms with van der Waals surface area (Å²) in [5, 5.41) is 16.4. The molecule has 0 amide bonds. The van der Waals surface area contributed by atoms with Crippen LogP contribution in [0, 0.1) is 12.8 Å². The number of anilines is 1. The van der Waals surface area contributed by atoms with Crippen LogP contribution in [0.4, 0.5) is 5.82 Å². The number of hydrogen-bond acceptors (Lipinski definition) is 6. The number of aromatic nitrogens is 4. The number of fused-ring (bicyclic) bond motifs is 1. The molecule has 0 aromatic carbocycles. The van der Waals surface area contributed by atoms with Gasteiger partial charge in [0.15, 0.2) is 0 Å². The number of rotatable bonds is 5. The normalized spacial score (nSPS) is 15.7. The molecule has 0 bridgehead atoms. The van der Waals surface area contributed by atoms with Crippen LogP contribution in [0.3, 0.4) is 0 Å². The number of nitrogens with zero attached hydrogens (tertiary/aromatic N) is 3. The Kier molecular flexibility index (Phi) is 3.26. The van der Waals surface area contributed by atoms with Crippen LogP contribution >= 0.6 is 11.3 Å². The van der Waals surface area contributed by atoms with Crippen molar-refractivity contribution in [2.45, 2.75) is 25.8 Å². The average molecular weight is 329 g/mol. The van der Waals surface area contributed by atoms with Gasteiger partial charge in [-0.25, -0.2) is 19.7 Å². The average Bonchev–Trinajstić information content (AvgIpc) is 3.10. The van der Waals surface area contributed by atoms with Gasteiger partial charge >= 0.3 is 5.97 Å².